The molecule has 0 aliphatic heterocycles. The van der Waals surface area contributed by atoms with Gasteiger partial charge in [0.1, 0.15) is 12.4 Å². The van der Waals surface area contributed by atoms with Gasteiger partial charge in [0.15, 0.2) is 0 Å². The number of hydrogen-bond donors (Lipinski definition) is 2. The molecule has 0 radical (unpaired) electrons. The largest absolute Gasteiger partial charge is 0.489 e. The maximum Gasteiger partial charge on any atom is 0.120 e. The third-order valence-electron chi connectivity index (χ3n) is 3.36. The molecule has 0 aliphatic rings. The first kappa shape index (κ1) is 15.4. The van der Waals surface area contributed by atoms with Crippen LogP contribution in [0.1, 0.15) is 37.5 Å². The summed E-state index contributed by atoms with van der Waals surface area (Å²) in [6.45, 7) is 4.66. The van der Waals surface area contributed by atoms with E-state index < -0.39 is 6.10 Å². The summed E-state index contributed by atoms with van der Waals surface area (Å²) in [5.41, 5.74) is 8.42. The van der Waals surface area contributed by atoms with E-state index in [0.717, 1.165) is 16.9 Å². The first-order valence-corrected chi connectivity index (χ1v) is 7.30. The van der Waals surface area contributed by atoms with Gasteiger partial charge >= 0.3 is 0 Å². The number of nitrogen functional groups attached to an aromatic ring is 1. The van der Waals surface area contributed by atoms with Crippen molar-refractivity contribution in [1.29, 1.82) is 0 Å². The first-order valence-electron chi connectivity index (χ1n) is 7.30. The van der Waals surface area contributed by atoms with Crippen LogP contribution in [0.15, 0.2) is 48.5 Å². The molecule has 1 atom stereocenters. The molecule has 0 heterocycles. The van der Waals surface area contributed by atoms with E-state index in [1.165, 1.54) is 0 Å². The summed E-state index contributed by atoms with van der Waals surface area (Å²) in [5.74, 6) is 1.14. The molecule has 2 rings (SSSR count). The molecule has 2 aromatic rings. The lowest BCUT2D eigenvalue weighted by molar-refractivity contribution is 0.151. The maximum absolute atomic E-state index is 10.2. The van der Waals surface area contributed by atoms with Crippen molar-refractivity contribution in [1.82, 2.24) is 0 Å². The highest BCUT2D eigenvalue weighted by atomic mass is 16.5. The Kier molecular flexibility index (Phi) is 5.23. The lowest BCUT2D eigenvalue weighted by atomic mass is 9.98. The fourth-order valence-electron chi connectivity index (χ4n) is 2.25. The average molecular weight is 285 g/mol. The van der Waals surface area contributed by atoms with Crippen LogP contribution in [0.2, 0.25) is 0 Å². The second kappa shape index (κ2) is 7.14. The third kappa shape index (κ3) is 4.50. The van der Waals surface area contributed by atoms with E-state index in [9.17, 15) is 5.11 Å². The fourth-order valence-corrected chi connectivity index (χ4v) is 2.25. The van der Waals surface area contributed by atoms with Gasteiger partial charge < -0.3 is 15.6 Å². The van der Waals surface area contributed by atoms with Crippen LogP contribution in [0.25, 0.3) is 0 Å². The van der Waals surface area contributed by atoms with Crippen LogP contribution in [0, 0.1) is 5.92 Å². The number of nitrogens with two attached hydrogens (primary N) is 1. The molecule has 21 heavy (non-hydrogen) atoms. The number of hydrogen-bond acceptors (Lipinski definition) is 3. The lowest BCUT2D eigenvalue weighted by Gasteiger charge is -2.17. The smallest absolute Gasteiger partial charge is 0.120 e. The highest BCUT2D eigenvalue weighted by Gasteiger charge is 2.14. The normalized spacial score (nSPS) is 12.4. The van der Waals surface area contributed by atoms with Crippen LogP contribution in [0.3, 0.4) is 0 Å². The fraction of sp³-hybridized carbons (Fsp3) is 0.333. The van der Waals surface area contributed by atoms with Crippen LogP contribution in [-0.4, -0.2) is 5.11 Å². The minimum atomic E-state index is -0.551. The molecular weight excluding hydrogens is 262 g/mol. The Morgan fingerprint density at radius 3 is 2.48 bits per heavy atom. The molecule has 0 spiro atoms. The second-order valence-electron chi connectivity index (χ2n) is 5.71. The van der Waals surface area contributed by atoms with Crippen LogP contribution in [0.5, 0.6) is 5.75 Å². The van der Waals surface area contributed by atoms with E-state index >= 15 is 0 Å². The number of ether oxygens (including phenoxy) is 1. The van der Waals surface area contributed by atoms with Crippen LogP contribution in [0.4, 0.5) is 5.69 Å². The summed E-state index contributed by atoms with van der Waals surface area (Å²) in [6, 6.07) is 15.5. The molecule has 1 unspecified atom stereocenters. The standard InChI is InChI=1S/C18H23NO2/c1-13(2)10-18(20)16-11-15(8-9-17(16)19)21-12-14-6-4-3-5-7-14/h3-9,11,13,18,20H,10,12,19H2,1-2H3. The van der Waals surface area contributed by atoms with Crippen molar-refractivity contribution in [2.24, 2.45) is 5.92 Å². The maximum atomic E-state index is 10.2. The second-order valence-corrected chi connectivity index (χ2v) is 5.71. The predicted molar refractivity (Wildman–Crippen MR) is 86.0 cm³/mol. The van der Waals surface area contributed by atoms with E-state index in [-0.39, 0.29) is 0 Å². The molecule has 0 bridgehead atoms. The summed E-state index contributed by atoms with van der Waals surface area (Å²) >= 11 is 0. The summed E-state index contributed by atoms with van der Waals surface area (Å²) in [7, 11) is 0. The van der Waals surface area contributed by atoms with E-state index in [4.69, 9.17) is 10.5 Å². The Morgan fingerprint density at radius 1 is 1.10 bits per heavy atom. The van der Waals surface area contributed by atoms with Gasteiger partial charge in [-0.3, -0.25) is 0 Å². The molecule has 3 nitrogen and oxygen atoms in total. The quantitative estimate of drug-likeness (QED) is 0.791. The molecular formula is C18H23NO2. The van der Waals surface area contributed by atoms with Crippen molar-refractivity contribution < 1.29 is 9.84 Å². The highest BCUT2D eigenvalue weighted by Crippen LogP contribution is 2.29. The van der Waals surface area contributed by atoms with E-state index in [1.807, 2.05) is 42.5 Å². The molecule has 0 aromatic heterocycles. The predicted octanol–water partition coefficient (Wildman–Crippen LogP) is 3.93. The zero-order valence-electron chi connectivity index (χ0n) is 12.6. The average Bonchev–Trinajstić information content (AvgIpc) is 2.46. The Bertz CT molecular complexity index is 567. The number of rotatable bonds is 6. The van der Waals surface area contributed by atoms with Gasteiger partial charge in [0.2, 0.25) is 0 Å². The van der Waals surface area contributed by atoms with Gasteiger partial charge in [-0.1, -0.05) is 44.2 Å². The molecule has 0 aliphatic carbocycles. The minimum Gasteiger partial charge on any atom is -0.489 e. The minimum absolute atomic E-state index is 0.410. The molecule has 0 amide bonds. The van der Waals surface area contributed by atoms with Gasteiger partial charge in [-0.15, -0.1) is 0 Å². The van der Waals surface area contributed by atoms with Gasteiger partial charge in [0.25, 0.3) is 0 Å². The molecule has 112 valence electrons. The van der Waals surface area contributed by atoms with Crippen molar-refractivity contribution in [2.45, 2.75) is 33.0 Å². The monoisotopic (exact) mass is 285 g/mol. The van der Waals surface area contributed by atoms with Crippen molar-refractivity contribution >= 4 is 5.69 Å². The Hall–Kier alpha value is -2.00. The first-order chi connectivity index (χ1) is 10.1. The van der Waals surface area contributed by atoms with Gasteiger partial charge in [-0.05, 0) is 36.1 Å². The van der Waals surface area contributed by atoms with Gasteiger partial charge in [-0.2, -0.15) is 0 Å². The van der Waals surface area contributed by atoms with Crippen LogP contribution < -0.4 is 10.5 Å². The van der Waals surface area contributed by atoms with E-state index in [0.29, 0.717) is 24.6 Å². The molecule has 0 fully saturated rings. The van der Waals surface area contributed by atoms with Gasteiger partial charge in [0, 0.05) is 11.3 Å². The van der Waals surface area contributed by atoms with Crippen LogP contribution in [-0.2, 0) is 6.61 Å². The number of benzene rings is 2. The number of aliphatic hydroxyl groups excluding tert-OH is 1. The zero-order valence-corrected chi connectivity index (χ0v) is 12.6. The molecule has 3 N–H and O–H groups in total. The molecule has 0 saturated heterocycles. The summed E-state index contributed by atoms with van der Waals surface area (Å²) in [4.78, 5) is 0. The third-order valence-corrected chi connectivity index (χ3v) is 3.36. The molecule has 3 heteroatoms. The SMILES string of the molecule is CC(C)CC(O)c1cc(OCc2ccccc2)ccc1N. The summed E-state index contributed by atoms with van der Waals surface area (Å²) in [6.07, 6.45) is 0.136. The highest BCUT2D eigenvalue weighted by molar-refractivity contribution is 5.51. The Balaban J connectivity index is 2.07. The van der Waals surface area contributed by atoms with Crippen LogP contribution >= 0.6 is 0 Å². The Labute approximate surface area is 126 Å². The van der Waals surface area contributed by atoms with Crippen molar-refractivity contribution in [2.75, 3.05) is 5.73 Å². The number of aliphatic hydroxyl groups is 1. The van der Waals surface area contributed by atoms with E-state index in [1.54, 1.807) is 6.07 Å². The zero-order chi connectivity index (χ0) is 15.2. The lowest BCUT2D eigenvalue weighted by Crippen LogP contribution is -2.06. The summed E-state index contributed by atoms with van der Waals surface area (Å²) in [5, 5.41) is 10.2. The van der Waals surface area contributed by atoms with Crippen molar-refractivity contribution in [3.8, 4) is 5.75 Å². The van der Waals surface area contributed by atoms with Gasteiger partial charge in [-0.25, -0.2) is 0 Å². The van der Waals surface area contributed by atoms with Gasteiger partial charge in [0.05, 0.1) is 6.10 Å². The van der Waals surface area contributed by atoms with Crippen molar-refractivity contribution in [3.05, 3.63) is 59.7 Å². The summed E-state index contributed by atoms with van der Waals surface area (Å²) < 4.78 is 5.78. The van der Waals surface area contributed by atoms with Crippen molar-refractivity contribution in [3.63, 3.8) is 0 Å². The van der Waals surface area contributed by atoms with E-state index in [2.05, 4.69) is 13.8 Å². The topological polar surface area (TPSA) is 55.5 Å². The number of anilines is 1. The molecule has 0 saturated carbocycles. The Morgan fingerprint density at radius 2 is 1.81 bits per heavy atom. The molecule has 2 aromatic carbocycles.